The Kier molecular flexibility index (Phi) is 5.56. The highest BCUT2D eigenvalue weighted by molar-refractivity contribution is 5.94. The quantitative estimate of drug-likeness (QED) is 0.396. The lowest BCUT2D eigenvalue weighted by molar-refractivity contribution is -0.137. The van der Waals surface area contributed by atoms with E-state index in [-0.39, 0.29) is 12.1 Å². The Morgan fingerprint density at radius 1 is 1.00 bits per heavy atom. The van der Waals surface area contributed by atoms with Gasteiger partial charge in [0.1, 0.15) is 17.3 Å². The van der Waals surface area contributed by atoms with E-state index < -0.39 is 11.7 Å². The van der Waals surface area contributed by atoms with Crippen molar-refractivity contribution in [1.29, 1.82) is 0 Å². The molecule has 0 aliphatic heterocycles. The van der Waals surface area contributed by atoms with Crippen molar-refractivity contribution in [2.75, 3.05) is 12.4 Å². The van der Waals surface area contributed by atoms with Gasteiger partial charge in [0.05, 0.1) is 23.3 Å². The van der Waals surface area contributed by atoms with E-state index in [1.165, 1.54) is 22.8 Å². The molecule has 0 unspecified atom stereocenters. The molecule has 3 aromatic heterocycles. The molecule has 5 rings (SSSR count). The third kappa shape index (κ3) is 4.37. The Hall–Kier alpha value is -4.47. The number of pyridine rings is 1. The molecule has 0 radical (unpaired) electrons. The van der Waals surface area contributed by atoms with Gasteiger partial charge in [0.15, 0.2) is 0 Å². The number of anilines is 1. The van der Waals surface area contributed by atoms with Crippen LogP contribution in [0.25, 0.3) is 27.8 Å². The zero-order valence-corrected chi connectivity index (χ0v) is 18.5. The molecule has 0 atom stereocenters. The second kappa shape index (κ2) is 8.71. The molecule has 0 bridgehead atoms. The van der Waals surface area contributed by atoms with Gasteiger partial charge in [-0.2, -0.15) is 18.3 Å². The number of hydrogen-bond donors (Lipinski definition) is 1. The lowest BCUT2D eigenvalue weighted by atomic mass is 10.1. The van der Waals surface area contributed by atoms with Crippen molar-refractivity contribution in [2.45, 2.75) is 12.7 Å². The monoisotopic (exact) mass is 476 g/mol. The number of nitrogens with zero attached hydrogens (tertiary/aromatic N) is 5. The van der Waals surface area contributed by atoms with E-state index in [2.05, 4.69) is 20.4 Å². The van der Waals surface area contributed by atoms with Gasteiger partial charge in [-0.05, 0) is 42.5 Å². The Bertz CT molecular complexity index is 1570. The summed E-state index contributed by atoms with van der Waals surface area (Å²) >= 11 is 0. The van der Waals surface area contributed by atoms with E-state index in [1.807, 2.05) is 24.3 Å². The Morgan fingerprint density at radius 3 is 2.49 bits per heavy atom. The largest absolute Gasteiger partial charge is 0.416 e. The summed E-state index contributed by atoms with van der Waals surface area (Å²) in [6.45, 7) is 0.204. The summed E-state index contributed by atoms with van der Waals surface area (Å²) in [5.74, 6) is 1.14. The molecular weight excluding hydrogens is 457 g/mol. The number of halogens is 3. The van der Waals surface area contributed by atoms with Crippen molar-refractivity contribution in [3.05, 3.63) is 101 Å². The first-order valence-corrected chi connectivity index (χ1v) is 10.7. The van der Waals surface area contributed by atoms with E-state index in [4.69, 9.17) is 0 Å². The maximum atomic E-state index is 13.0. The number of para-hydroxylation sites is 1. The van der Waals surface area contributed by atoms with Crippen LogP contribution < -0.4 is 10.9 Å². The fourth-order valence-corrected chi connectivity index (χ4v) is 3.82. The number of rotatable bonds is 5. The van der Waals surface area contributed by atoms with E-state index in [0.29, 0.717) is 34.1 Å². The second-order valence-electron chi connectivity index (χ2n) is 7.81. The van der Waals surface area contributed by atoms with Gasteiger partial charge in [-0.15, -0.1) is 0 Å². The molecule has 35 heavy (non-hydrogen) atoms. The number of alkyl halides is 3. The summed E-state index contributed by atoms with van der Waals surface area (Å²) in [5.41, 5.74) is 1.36. The van der Waals surface area contributed by atoms with Crippen LogP contribution in [0.3, 0.4) is 0 Å². The highest BCUT2D eigenvalue weighted by atomic mass is 19.4. The predicted molar refractivity (Wildman–Crippen MR) is 126 cm³/mol. The van der Waals surface area contributed by atoms with Crippen molar-refractivity contribution >= 4 is 16.7 Å². The smallest absolute Gasteiger partial charge is 0.373 e. The molecule has 0 saturated heterocycles. The molecule has 0 spiro atoms. The van der Waals surface area contributed by atoms with Crippen LogP contribution in [0, 0.1) is 0 Å². The summed E-state index contributed by atoms with van der Waals surface area (Å²) in [5, 5.41) is 8.36. The molecule has 1 N–H and O–H groups in total. The fraction of sp³-hybridized carbons (Fsp3) is 0.120. The fourth-order valence-electron chi connectivity index (χ4n) is 3.82. The Morgan fingerprint density at radius 2 is 1.77 bits per heavy atom. The summed E-state index contributed by atoms with van der Waals surface area (Å²) in [6.07, 6.45) is -1.15. The van der Waals surface area contributed by atoms with Crippen molar-refractivity contribution < 1.29 is 13.2 Å². The number of aromatic nitrogens is 5. The first-order valence-electron chi connectivity index (χ1n) is 10.7. The molecule has 176 valence electrons. The normalized spacial score (nSPS) is 11.7. The van der Waals surface area contributed by atoms with E-state index >= 15 is 0 Å². The van der Waals surface area contributed by atoms with Gasteiger partial charge in [-0.1, -0.05) is 18.2 Å². The molecule has 7 nitrogen and oxygen atoms in total. The summed E-state index contributed by atoms with van der Waals surface area (Å²) in [6, 6.07) is 17.2. The van der Waals surface area contributed by atoms with Gasteiger partial charge < -0.3 is 9.88 Å². The average molecular weight is 476 g/mol. The summed E-state index contributed by atoms with van der Waals surface area (Å²) in [7, 11) is 1.75. The zero-order chi connectivity index (χ0) is 24.6. The molecular formula is C25H19F3N6O. The highest BCUT2D eigenvalue weighted by Gasteiger charge is 2.30. The zero-order valence-electron chi connectivity index (χ0n) is 18.5. The Labute approximate surface area is 197 Å². The molecule has 0 amide bonds. The summed E-state index contributed by atoms with van der Waals surface area (Å²) in [4.78, 5) is 21.4. The molecule has 3 heterocycles. The average Bonchev–Trinajstić information content (AvgIpc) is 3.25. The lowest BCUT2D eigenvalue weighted by Gasteiger charge is -2.08. The van der Waals surface area contributed by atoms with Crippen LogP contribution in [0.5, 0.6) is 0 Å². The van der Waals surface area contributed by atoms with Crippen LogP contribution in [0.4, 0.5) is 19.0 Å². The van der Waals surface area contributed by atoms with Crippen LogP contribution in [0.2, 0.25) is 0 Å². The van der Waals surface area contributed by atoms with Gasteiger partial charge in [0, 0.05) is 36.5 Å². The number of fused-ring (bicyclic) bond motifs is 1. The van der Waals surface area contributed by atoms with Crippen LogP contribution >= 0.6 is 0 Å². The highest BCUT2D eigenvalue weighted by Crippen LogP contribution is 2.32. The van der Waals surface area contributed by atoms with E-state index in [1.54, 1.807) is 36.3 Å². The number of nitrogens with one attached hydrogen (secondary N) is 1. The van der Waals surface area contributed by atoms with Crippen molar-refractivity contribution in [2.24, 2.45) is 0 Å². The van der Waals surface area contributed by atoms with Crippen LogP contribution in [-0.2, 0) is 12.7 Å². The third-order valence-electron chi connectivity index (χ3n) is 5.57. The van der Waals surface area contributed by atoms with Crippen LogP contribution in [-0.4, -0.2) is 31.4 Å². The molecule has 5 aromatic rings. The topological polar surface area (TPSA) is 77.6 Å². The number of hydrogen-bond acceptors (Lipinski definition) is 5. The maximum Gasteiger partial charge on any atom is 0.416 e. The molecule has 0 aliphatic rings. The van der Waals surface area contributed by atoms with Crippen LogP contribution in [0.1, 0.15) is 11.4 Å². The first kappa shape index (κ1) is 22.3. The van der Waals surface area contributed by atoms with Gasteiger partial charge in [-0.25, -0.2) is 14.6 Å². The minimum atomic E-state index is -4.42. The van der Waals surface area contributed by atoms with Gasteiger partial charge in [-0.3, -0.25) is 4.79 Å². The van der Waals surface area contributed by atoms with Gasteiger partial charge >= 0.3 is 6.18 Å². The molecule has 10 heteroatoms. The Balaban J connectivity index is 1.53. The van der Waals surface area contributed by atoms with E-state index in [0.717, 1.165) is 17.5 Å². The second-order valence-corrected chi connectivity index (χ2v) is 7.81. The molecule has 0 aliphatic carbocycles. The molecule has 0 saturated carbocycles. The molecule has 2 aromatic carbocycles. The minimum Gasteiger partial charge on any atom is -0.373 e. The van der Waals surface area contributed by atoms with Crippen LogP contribution in [0.15, 0.2) is 83.9 Å². The summed E-state index contributed by atoms with van der Waals surface area (Å²) < 4.78 is 42.0. The van der Waals surface area contributed by atoms with Crippen molar-refractivity contribution in [3.63, 3.8) is 0 Å². The minimum absolute atomic E-state index is 0.204. The van der Waals surface area contributed by atoms with E-state index in [9.17, 15) is 18.0 Å². The third-order valence-corrected chi connectivity index (χ3v) is 5.57. The molecule has 0 fully saturated rings. The van der Waals surface area contributed by atoms with Gasteiger partial charge in [0.25, 0.3) is 5.56 Å². The van der Waals surface area contributed by atoms with Crippen molar-refractivity contribution in [3.8, 4) is 16.9 Å². The maximum absolute atomic E-state index is 13.0. The standard InChI is InChI=1S/C25H19F3N6O/c1-29-21-10-12-30-22(31-21)15-33-13-11-16(14-23(33)35)24-19-4-2-3-5-20(19)34(32-24)18-8-6-17(7-9-18)25(26,27)28/h2-14H,15H2,1H3,(H,29,30,31). The SMILES string of the molecule is CNc1ccnc(Cn2ccc(-c3nn(-c4ccc(C(F)(F)F)cc4)c4ccccc34)cc2=O)n1. The lowest BCUT2D eigenvalue weighted by Crippen LogP contribution is -2.20. The van der Waals surface area contributed by atoms with Gasteiger partial charge in [0.2, 0.25) is 0 Å². The first-order chi connectivity index (χ1) is 16.8. The predicted octanol–water partition coefficient (Wildman–Crippen LogP) is 4.75. The van der Waals surface area contributed by atoms with Crippen molar-refractivity contribution in [1.82, 2.24) is 24.3 Å². The number of benzene rings is 2.